The summed E-state index contributed by atoms with van der Waals surface area (Å²) in [7, 11) is 0. The lowest BCUT2D eigenvalue weighted by Gasteiger charge is -2.40. The lowest BCUT2D eigenvalue weighted by molar-refractivity contribution is 0.212. The normalized spacial score (nSPS) is 14.2. The molecule has 0 bridgehead atoms. The SMILES string of the molecule is Nc1c(Nc2cccc3cccnc23)ncnc1N1CCN(C(c2ccccc2)c2ccccc2)CC1. The number of fused-ring (bicyclic) bond motifs is 1. The van der Waals surface area contributed by atoms with Crippen molar-refractivity contribution in [3.8, 4) is 0 Å². The Morgan fingerprint density at radius 3 is 2.08 bits per heavy atom. The number of hydrogen-bond donors (Lipinski definition) is 2. The van der Waals surface area contributed by atoms with Gasteiger partial charge in [0, 0.05) is 37.8 Å². The number of aromatic nitrogens is 3. The molecule has 184 valence electrons. The van der Waals surface area contributed by atoms with Gasteiger partial charge >= 0.3 is 0 Å². The summed E-state index contributed by atoms with van der Waals surface area (Å²) in [5.41, 5.74) is 11.5. The molecular weight excluding hydrogens is 458 g/mol. The zero-order chi connectivity index (χ0) is 25.0. The molecule has 7 nitrogen and oxygen atoms in total. The van der Waals surface area contributed by atoms with Gasteiger partial charge < -0.3 is 16.0 Å². The molecule has 0 aliphatic carbocycles. The quantitative estimate of drug-likeness (QED) is 0.338. The zero-order valence-electron chi connectivity index (χ0n) is 20.5. The molecule has 37 heavy (non-hydrogen) atoms. The van der Waals surface area contributed by atoms with Crippen molar-refractivity contribution in [2.45, 2.75) is 6.04 Å². The van der Waals surface area contributed by atoms with E-state index in [9.17, 15) is 0 Å². The van der Waals surface area contributed by atoms with Crippen molar-refractivity contribution >= 4 is 33.9 Å². The summed E-state index contributed by atoms with van der Waals surface area (Å²) in [5, 5.41) is 4.45. The Hall–Kier alpha value is -4.49. The van der Waals surface area contributed by atoms with Crippen LogP contribution < -0.4 is 16.0 Å². The molecule has 0 amide bonds. The molecule has 0 unspecified atom stereocenters. The van der Waals surface area contributed by atoms with Crippen LogP contribution in [0.15, 0.2) is 104 Å². The Balaban J connectivity index is 1.22. The molecule has 1 fully saturated rings. The topological polar surface area (TPSA) is 83.2 Å². The molecule has 0 saturated carbocycles. The van der Waals surface area contributed by atoms with Gasteiger partial charge in [-0.3, -0.25) is 9.88 Å². The molecular formula is C30H29N7. The maximum Gasteiger partial charge on any atom is 0.159 e. The second-order valence-corrected chi connectivity index (χ2v) is 9.21. The number of para-hydroxylation sites is 1. The number of nitrogens with zero attached hydrogens (tertiary/aromatic N) is 5. The number of nitrogens with one attached hydrogen (secondary N) is 1. The van der Waals surface area contributed by atoms with Gasteiger partial charge in [-0.1, -0.05) is 78.9 Å². The number of benzene rings is 3. The van der Waals surface area contributed by atoms with Gasteiger partial charge in [0.15, 0.2) is 11.6 Å². The zero-order valence-corrected chi connectivity index (χ0v) is 20.5. The van der Waals surface area contributed by atoms with Crippen LogP contribution in [-0.2, 0) is 0 Å². The van der Waals surface area contributed by atoms with Crippen molar-refractivity contribution in [3.05, 3.63) is 115 Å². The highest BCUT2D eigenvalue weighted by molar-refractivity contribution is 5.93. The minimum absolute atomic E-state index is 0.211. The molecule has 1 saturated heterocycles. The summed E-state index contributed by atoms with van der Waals surface area (Å²) >= 11 is 0. The minimum atomic E-state index is 0.211. The summed E-state index contributed by atoms with van der Waals surface area (Å²) in [4.78, 5) is 18.3. The van der Waals surface area contributed by atoms with Crippen molar-refractivity contribution in [3.63, 3.8) is 0 Å². The van der Waals surface area contributed by atoms with Gasteiger partial charge in [-0.2, -0.15) is 0 Å². The van der Waals surface area contributed by atoms with E-state index in [-0.39, 0.29) is 6.04 Å². The monoisotopic (exact) mass is 487 g/mol. The van der Waals surface area contributed by atoms with Gasteiger partial charge in [0.05, 0.1) is 17.2 Å². The van der Waals surface area contributed by atoms with Crippen molar-refractivity contribution < 1.29 is 0 Å². The first kappa shape index (κ1) is 22.9. The highest BCUT2D eigenvalue weighted by Gasteiger charge is 2.28. The van der Waals surface area contributed by atoms with Crippen LogP contribution in [0.3, 0.4) is 0 Å². The average molecular weight is 488 g/mol. The Labute approximate surface area is 216 Å². The van der Waals surface area contributed by atoms with Gasteiger partial charge in [-0.05, 0) is 23.3 Å². The first-order chi connectivity index (χ1) is 18.3. The van der Waals surface area contributed by atoms with E-state index >= 15 is 0 Å². The molecule has 1 aliphatic heterocycles. The fraction of sp³-hybridized carbons (Fsp3) is 0.167. The van der Waals surface area contributed by atoms with E-state index < -0.39 is 0 Å². The predicted molar refractivity (Wildman–Crippen MR) is 150 cm³/mol. The molecule has 0 radical (unpaired) electrons. The molecule has 6 rings (SSSR count). The van der Waals surface area contributed by atoms with Crippen molar-refractivity contribution in [2.24, 2.45) is 0 Å². The van der Waals surface area contributed by atoms with Gasteiger partial charge in [0.1, 0.15) is 12.0 Å². The Kier molecular flexibility index (Phi) is 6.35. The Bertz CT molecular complexity index is 1440. The number of nitrogen functional groups attached to an aromatic ring is 1. The van der Waals surface area contributed by atoms with Crippen LogP contribution in [0.1, 0.15) is 17.2 Å². The van der Waals surface area contributed by atoms with Crippen molar-refractivity contribution in [2.75, 3.05) is 42.1 Å². The first-order valence-electron chi connectivity index (χ1n) is 12.6. The van der Waals surface area contributed by atoms with E-state index in [4.69, 9.17) is 5.73 Å². The van der Waals surface area contributed by atoms with Gasteiger partial charge in [0.25, 0.3) is 0 Å². The third-order valence-corrected chi connectivity index (χ3v) is 6.96. The van der Waals surface area contributed by atoms with Crippen LogP contribution in [-0.4, -0.2) is 46.0 Å². The van der Waals surface area contributed by atoms with Gasteiger partial charge in [0.2, 0.25) is 0 Å². The summed E-state index contributed by atoms with van der Waals surface area (Å²) in [5.74, 6) is 1.36. The number of nitrogens with two attached hydrogens (primary N) is 1. The van der Waals surface area contributed by atoms with Crippen LogP contribution in [0, 0.1) is 0 Å². The molecule has 2 aromatic heterocycles. The van der Waals surface area contributed by atoms with Gasteiger partial charge in [-0.15, -0.1) is 0 Å². The maximum absolute atomic E-state index is 6.62. The van der Waals surface area contributed by atoms with E-state index in [2.05, 4.69) is 90.7 Å². The van der Waals surface area contributed by atoms with Gasteiger partial charge in [-0.25, -0.2) is 9.97 Å². The minimum Gasteiger partial charge on any atom is -0.393 e. The molecule has 3 aromatic carbocycles. The summed E-state index contributed by atoms with van der Waals surface area (Å²) in [6, 6.07) is 31.7. The largest absolute Gasteiger partial charge is 0.393 e. The average Bonchev–Trinajstić information content (AvgIpc) is 2.96. The van der Waals surface area contributed by atoms with Crippen LogP contribution >= 0.6 is 0 Å². The number of rotatable bonds is 6. The van der Waals surface area contributed by atoms with Crippen LogP contribution in [0.5, 0.6) is 0 Å². The second kappa shape index (κ2) is 10.2. The molecule has 0 atom stereocenters. The maximum atomic E-state index is 6.62. The lowest BCUT2D eigenvalue weighted by atomic mass is 9.96. The van der Waals surface area contributed by atoms with Crippen LogP contribution in [0.4, 0.5) is 23.0 Å². The lowest BCUT2D eigenvalue weighted by Crippen LogP contribution is -2.48. The fourth-order valence-electron chi connectivity index (χ4n) is 5.15. The molecule has 5 aromatic rings. The number of pyridine rings is 1. The van der Waals surface area contributed by atoms with E-state index in [0.29, 0.717) is 11.5 Å². The standard InChI is InChI=1S/C30H29N7/c31-26-29(35-25-15-7-13-22-14-8-16-32-27(22)25)33-21-34-30(26)37-19-17-36(18-20-37)28(23-9-3-1-4-10-23)24-11-5-2-6-12-24/h1-16,21,28H,17-20,31H2,(H,33,34,35). The van der Waals surface area contributed by atoms with Crippen molar-refractivity contribution in [1.82, 2.24) is 19.9 Å². The van der Waals surface area contributed by atoms with Crippen molar-refractivity contribution in [1.29, 1.82) is 0 Å². The smallest absolute Gasteiger partial charge is 0.159 e. The highest BCUT2D eigenvalue weighted by atomic mass is 15.3. The summed E-state index contributed by atoms with van der Waals surface area (Å²) in [6.45, 7) is 3.45. The van der Waals surface area contributed by atoms with E-state index in [1.54, 1.807) is 12.5 Å². The molecule has 3 N–H and O–H groups in total. The number of hydrogen-bond acceptors (Lipinski definition) is 7. The molecule has 1 aliphatic rings. The van der Waals surface area contributed by atoms with E-state index in [0.717, 1.165) is 48.6 Å². The second-order valence-electron chi connectivity index (χ2n) is 9.21. The third-order valence-electron chi connectivity index (χ3n) is 6.96. The third kappa shape index (κ3) is 4.69. The Morgan fingerprint density at radius 1 is 0.703 bits per heavy atom. The number of piperazine rings is 1. The summed E-state index contributed by atoms with van der Waals surface area (Å²) in [6.07, 6.45) is 3.37. The van der Waals surface area contributed by atoms with E-state index in [1.807, 2.05) is 30.3 Å². The first-order valence-corrected chi connectivity index (χ1v) is 12.6. The van der Waals surface area contributed by atoms with E-state index in [1.165, 1.54) is 11.1 Å². The fourth-order valence-corrected chi connectivity index (χ4v) is 5.15. The van der Waals surface area contributed by atoms with Crippen LogP contribution in [0.25, 0.3) is 10.9 Å². The highest BCUT2D eigenvalue weighted by Crippen LogP contribution is 2.33. The number of anilines is 4. The van der Waals surface area contributed by atoms with Crippen LogP contribution in [0.2, 0.25) is 0 Å². The Morgan fingerprint density at radius 2 is 1.38 bits per heavy atom. The summed E-state index contributed by atoms with van der Waals surface area (Å²) < 4.78 is 0. The molecule has 3 heterocycles. The predicted octanol–water partition coefficient (Wildman–Crippen LogP) is 5.26. The molecule has 7 heteroatoms. The molecule has 0 spiro atoms.